The first-order chi connectivity index (χ1) is 7.13. The number of hydrogen-bond acceptors (Lipinski definition) is 2. The van der Waals surface area contributed by atoms with Crippen LogP contribution in [-0.4, -0.2) is 5.91 Å². The smallest absolute Gasteiger partial charge is 0.219 e. The third-order valence-corrected chi connectivity index (χ3v) is 2.32. The highest BCUT2D eigenvalue weighted by Crippen LogP contribution is 2.10. The Morgan fingerprint density at radius 3 is 2.38 bits per heavy atom. The van der Waals surface area contributed by atoms with Gasteiger partial charge in [-0.1, -0.05) is 31.2 Å². The van der Waals surface area contributed by atoms with Gasteiger partial charge in [0, 0.05) is 19.0 Å². The first-order valence-corrected chi connectivity index (χ1v) is 5.24. The molecule has 1 aromatic carbocycles. The largest absolute Gasteiger partial charge is 0.352 e. The van der Waals surface area contributed by atoms with Crippen molar-refractivity contribution in [2.24, 2.45) is 5.73 Å². The van der Waals surface area contributed by atoms with E-state index in [0.717, 1.165) is 11.1 Å². The van der Waals surface area contributed by atoms with E-state index in [1.807, 2.05) is 38.1 Å². The maximum Gasteiger partial charge on any atom is 0.219 e. The average molecular weight is 243 g/mol. The van der Waals surface area contributed by atoms with Gasteiger partial charge in [0.05, 0.1) is 0 Å². The molecule has 90 valence electrons. The number of nitrogens with one attached hydrogen (secondary N) is 1. The van der Waals surface area contributed by atoms with Crippen molar-refractivity contribution in [2.75, 3.05) is 0 Å². The Kier molecular flexibility index (Phi) is 6.77. The van der Waals surface area contributed by atoms with Gasteiger partial charge >= 0.3 is 0 Å². The molecule has 3 N–H and O–H groups in total. The molecule has 0 aliphatic carbocycles. The number of carbonyl (C=O) groups excluding carboxylic acids is 1. The standard InChI is InChI=1S/C12H18N2O.ClH/c1-3-12(15)14-8-10-4-6-11(7-5-10)9(2)13;/h4-7,9H,3,8,13H2,1-2H3,(H,14,15);1H. The summed E-state index contributed by atoms with van der Waals surface area (Å²) in [7, 11) is 0. The number of carbonyl (C=O) groups is 1. The van der Waals surface area contributed by atoms with Crippen LogP contribution in [0.25, 0.3) is 0 Å². The third-order valence-electron chi connectivity index (χ3n) is 2.32. The maximum absolute atomic E-state index is 11.0. The predicted molar refractivity (Wildman–Crippen MR) is 68.4 cm³/mol. The molecule has 1 unspecified atom stereocenters. The Morgan fingerprint density at radius 2 is 1.94 bits per heavy atom. The van der Waals surface area contributed by atoms with Crippen molar-refractivity contribution >= 4 is 18.3 Å². The van der Waals surface area contributed by atoms with Crippen LogP contribution in [0.4, 0.5) is 0 Å². The summed E-state index contributed by atoms with van der Waals surface area (Å²) in [6.45, 7) is 4.38. The molecule has 0 heterocycles. The lowest BCUT2D eigenvalue weighted by Gasteiger charge is -2.07. The minimum absolute atomic E-state index is 0. The summed E-state index contributed by atoms with van der Waals surface area (Å²) in [6, 6.07) is 8.05. The zero-order valence-electron chi connectivity index (χ0n) is 9.69. The molecule has 1 atom stereocenters. The molecule has 4 heteroatoms. The molecule has 0 saturated carbocycles. The van der Waals surface area contributed by atoms with Crippen molar-refractivity contribution in [1.29, 1.82) is 0 Å². The Bertz CT molecular complexity index is 322. The predicted octanol–water partition coefficient (Wildman–Crippen LogP) is 2.15. The van der Waals surface area contributed by atoms with Crippen LogP contribution in [0.15, 0.2) is 24.3 Å². The number of amides is 1. The normalized spacial score (nSPS) is 11.4. The lowest BCUT2D eigenvalue weighted by Crippen LogP contribution is -2.21. The molecular formula is C12H19ClN2O. The second-order valence-corrected chi connectivity index (χ2v) is 3.66. The summed E-state index contributed by atoms with van der Waals surface area (Å²) in [5, 5.41) is 2.83. The van der Waals surface area contributed by atoms with Gasteiger partial charge in [0.25, 0.3) is 0 Å². The van der Waals surface area contributed by atoms with Crippen LogP contribution >= 0.6 is 12.4 Å². The van der Waals surface area contributed by atoms with Gasteiger partial charge in [-0.05, 0) is 18.1 Å². The van der Waals surface area contributed by atoms with E-state index in [1.54, 1.807) is 0 Å². The summed E-state index contributed by atoms with van der Waals surface area (Å²) in [6.07, 6.45) is 0.526. The molecule has 1 aromatic rings. The fourth-order valence-corrected chi connectivity index (χ4v) is 1.26. The number of rotatable bonds is 4. The van der Waals surface area contributed by atoms with Crippen LogP contribution in [0.5, 0.6) is 0 Å². The summed E-state index contributed by atoms with van der Waals surface area (Å²) < 4.78 is 0. The van der Waals surface area contributed by atoms with Crippen molar-refractivity contribution in [3.05, 3.63) is 35.4 Å². The topological polar surface area (TPSA) is 55.1 Å². The van der Waals surface area contributed by atoms with Crippen LogP contribution in [0.1, 0.15) is 37.4 Å². The van der Waals surface area contributed by atoms with Crippen LogP contribution in [0.3, 0.4) is 0 Å². The van der Waals surface area contributed by atoms with Crippen LogP contribution < -0.4 is 11.1 Å². The van der Waals surface area contributed by atoms with E-state index in [9.17, 15) is 4.79 Å². The van der Waals surface area contributed by atoms with Crippen molar-refractivity contribution in [3.8, 4) is 0 Å². The molecule has 0 aromatic heterocycles. The van der Waals surface area contributed by atoms with Gasteiger partial charge in [-0.25, -0.2) is 0 Å². The van der Waals surface area contributed by atoms with Gasteiger partial charge in [-0.2, -0.15) is 0 Å². The highest BCUT2D eigenvalue weighted by Gasteiger charge is 2.00. The Balaban J connectivity index is 0.00000225. The first kappa shape index (κ1) is 14.9. The van der Waals surface area contributed by atoms with Crippen molar-refractivity contribution < 1.29 is 4.79 Å². The molecule has 1 amide bonds. The van der Waals surface area contributed by atoms with E-state index >= 15 is 0 Å². The molecule has 0 fully saturated rings. The third kappa shape index (κ3) is 4.64. The average Bonchev–Trinajstić information content (AvgIpc) is 2.26. The zero-order chi connectivity index (χ0) is 11.3. The second-order valence-electron chi connectivity index (χ2n) is 3.66. The molecule has 3 nitrogen and oxygen atoms in total. The summed E-state index contributed by atoms with van der Waals surface area (Å²) in [5.74, 6) is 0.0752. The quantitative estimate of drug-likeness (QED) is 0.850. The van der Waals surface area contributed by atoms with Crippen LogP contribution in [0.2, 0.25) is 0 Å². The van der Waals surface area contributed by atoms with Gasteiger partial charge in [-0.15, -0.1) is 12.4 Å². The maximum atomic E-state index is 11.0. The molecular weight excluding hydrogens is 224 g/mol. The molecule has 0 radical (unpaired) electrons. The number of benzene rings is 1. The minimum Gasteiger partial charge on any atom is -0.352 e. The summed E-state index contributed by atoms with van der Waals surface area (Å²) in [5.41, 5.74) is 7.95. The van der Waals surface area contributed by atoms with E-state index in [1.165, 1.54) is 0 Å². The van der Waals surface area contributed by atoms with Gasteiger partial charge in [0.2, 0.25) is 5.91 Å². The number of hydrogen-bond donors (Lipinski definition) is 2. The second kappa shape index (κ2) is 7.25. The van der Waals surface area contributed by atoms with Crippen LogP contribution in [-0.2, 0) is 11.3 Å². The van der Waals surface area contributed by atoms with E-state index in [4.69, 9.17) is 5.73 Å². The van der Waals surface area contributed by atoms with Gasteiger partial charge in [0.15, 0.2) is 0 Å². The van der Waals surface area contributed by atoms with E-state index in [2.05, 4.69) is 5.32 Å². The van der Waals surface area contributed by atoms with E-state index in [0.29, 0.717) is 13.0 Å². The van der Waals surface area contributed by atoms with Gasteiger partial charge in [-0.3, -0.25) is 4.79 Å². The Morgan fingerprint density at radius 1 is 1.38 bits per heavy atom. The highest BCUT2D eigenvalue weighted by atomic mass is 35.5. The highest BCUT2D eigenvalue weighted by molar-refractivity contribution is 5.85. The summed E-state index contributed by atoms with van der Waals surface area (Å²) in [4.78, 5) is 11.0. The molecule has 0 aliphatic rings. The Hall–Kier alpha value is -1.06. The molecule has 0 bridgehead atoms. The number of halogens is 1. The van der Waals surface area contributed by atoms with Crippen LogP contribution in [0, 0.1) is 0 Å². The van der Waals surface area contributed by atoms with Gasteiger partial charge in [0.1, 0.15) is 0 Å². The van der Waals surface area contributed by atoms with Gasteiger partial charge < -0.3 is 11.1 Å². The minimum atomic E-state index is 0. The SMILES string of the molecule is CCC(=O)NCc1ccc(C(C)N)cc1.Cl. The molecule has 16 heavy (non-hydrogen) atoms. The zero-order valence-corrected chi connectivity index (χ0v) is 10.5. The van der Waals surface area contributed by atoms with Crippen molar-refractivity contribution in [3.63, 3.8) is 0 Å². The lowest BCUT2D eigenvalue weighted by molar-refractivity contribution is -0.120. The van der Waals surface area contributed by atoms with Crippen molar-refractivity contribution in [1.82, 2.24) is 5.32 Å². The van der Waals surface area contributed by atoms with Crippen molar-refractivity contribution in [2.45, 2.75) is 32.9 Å². The molecule has 0 aliphatic heterocycles. The first-order valence-electron chi connectivity index (χ1n) is 5.24. The Labute approximate surface area is 103 Å². The van der Waals surface area contributed by atoms with E-state index < -0.39 is 0 Å². The molecule has 0 saturated heterocycles. The molecule has 0 spiro atoms. The number of nitrogens with two attached hydrogens (primary N) is 1. The monoisotopic (exact) mass is 242 g/mol. The lowest BCUT2D eigenvalue weighted by atomic mass is 10.1. The summed E-state index contributed by atoms with van der Waals surface area (Å²) >= 11 is 0. The fourth-order valence-electron chi connectivity index (χ4n) is 1.26. The van der Waals surface area contributed by atoms with E-state index in [-0.39, 0.29) is 24.4 Å². The fraction of sp³-hybridized carbons (Fsp3) is 0.417. The molecule has 1 rings (SSSR count).